The van der Waals surface area contributed by atoms with Crippen LogP contribution in [0.1, 0.15) is 5.56 Å². The molecular weight excluding hydrogens is 266 g/mol. The molecule has 0 atom stereocenters. The van der Waals surface area contributed by atoms with Crippen LogP contribution in [0.25, 0.3) is 22.6 Å². The Morgan fingerprint density at radius 3 is 2.76 bits per heavy atom. The van der Waals surface area contributed by atoms with Crippen molar-refractivity contribution in [1.29, 1.82) is 0 Å². The molecule has 0 saturated heterocycles. The van der Waals surface area contributed by atoms with E-state index >= 15 is 0 Å². The Kier molecular flexibility index (Phi) is 4.23. The smallest absolute Gasteiger partial charge is 0.195 e. The van der Waals surface area contributed by atoms with E-state index in [0.717, 1.165) is 29.6 Å². The van der Waals surface area contributed by atoms with Gasteiger partial charge in [0.25, 0.3) is 0 Å². The van der Waals surface area contributed by atoms with Crippen LogP contribution in [0.4, 0.5) is 0 Å². The van der Waals surface area contributed by atoms with Gasteiger partial charge >= 0.3 is 0 Å². The molecule has 0 fully saturated rings. The van der Waals surface area contributed by atoms with Crippen molar-refractivity contribution in [1.82, 2.24) is 15.3 Å². The molecule has 0 bridgehead atoms. The summed E-state index contributed by atoms with van der Waals surface area (Å²) >= 11 is 0. The van der Waals surface area contributed by atoms with Crippen molar-refractivity contribution >= 4 is 11.0 Å². The van der Waals surface area contributed by atoms with Gasteiger partial charge in [0.2, 0.25) is 0 Å². The lowest BCUT2D eigenvalue weighted by molar-refractivity contribution is 0.199. The molecule has 0 spiro atoms. The van der Waals surface area contributed by atoms with Crippen LogP contribution in [-0.4, -0.2) is 30.2 Å². The largest absolute Gasteiger partial charge is 0.453 e. The van der Waals surface area contributed by atoms with E-state index in [1.807, 2.05) is 42.7 Å². The summed E-state index contributed by atoms with van der Waals surface area (Å²) in [6.45, 7) is 2.23. The maximum absolute atomic E-state index is 5.75. The molecular formula is C16H17N3O2. The Labute approximate surface area is 123 Å². The highest BCUT2D eigenvalue weighted by molar-refractivity contribution is 5.81. The summed E-state index contributed by atoms with van der Waals surface area (Å²) in [5.74, 6) is 1.29. The second kappa shape index (κ2) is 6.47. The molecule has 0 aliphatic carbocycles. The van der Waals surface area contributed by atoms with E-state index in [1.165, 1.54) is 0 Å². The Morgan fingerprint density at radius 1 is 1.19 bits per heavy atom. The lowest BCUT2D eigenvalue weighted by atomic mass is 10.2. The van der Waals surface area contributed by atoms with Crippen LogP contribution >= 0.6 is 0 Å². The third-order valence-corrected chi connectivity index (χ3v) is 3.16. The molecule has 5 nitrogen and oxygen atoms in total. The van der Waals surface area contributed by atoms with Crippen molar-refractivity contribution in [2.24, 2.45) is 0 Å². The van der Waals surface area contributed by atoms with Crippen LogP contribution in [0, 0.1) is 0 Å². The monoisotopic (exact) mass is 283 g/mol. The van der Waals surface area contributed by atoms with E-state index in [4.69, 9.17) is 9.15 Å². The highest BCUT2D eigenvalue weighted by Crippen LogP contribution is 2.24. The number of ether oxygens (including phenoxy) is 1. The van der Waals surface area contributed by atoms with E-state index in [0.29, 0.717) is 18.2 Å². The van der Waals surface area contributed by atoms with Gasteiger partial charge in [0.05, 0.1) is 6.61 Å². The number of fused-ring (bicyclic) bond motifs is 1. The number of aromatic nitrogens is 2. The molecule has 0 aliphatic heterocycles. The first kappa shape index (κ1) is 13.7. The maximum Gasteiger partial charge on any atom is 0.195 e. The van der Waals surface area contributed by atoms with E-state index in [2.05, 4.69) is 15.3 Å². The first-order chi connectivity index (χ1) is 10.4. The minimum atomic E-state index is 0.604. The number of rotatable bonds is 6. The molecule has 3 rings (SSSR count). The predicted octanol–water partition coefficient (Wildman–Crippen LogP) is 2.63. The molecule has 2 heterocycles. The summed E-state index contributed by atoms with van der Waals surface area (Å²) in [5.41, 5.74) is 1.88. The van der Waals surface area contributed by atoms with Crippen molar-refractivity contribution in [3.8, 4) is 11.6 Å². The zero-order chi connectivity index (χ0) is 14.5. The van der Waals surface area contributed by atoms with E-state index < -0.39 is 0 Å². The average Bonchev–Trinajstić information content (AvgIpc) is 2.96. The van der Waals surface area contributed by atoms with E-state index in [9.17, 15) is 0 Å². The number of nitrogens with one attached hydrogen (secondary N) is 1. The van der Waals surface area contributed by atoms with Gasteiger partial charge in [-0.05, 0) is 12.1 Å². The van der Waals surface area contributed by atoms with Crippen molar-refractivity contribution in [2.45, 2.75) is 6.54 Å². The number of hydrogen-bond acceptors (Lipinski definition) is 5. The fourth-order valence-electron chi connectivity index (χ4n) is 2.07. The van der Waals surface area contributed by atoms with Gasteiger partial charge in [0.1, 0.15) is 5.58 Å². The first-order valence-electron chi connectivity index (χ1n) is 6.86. The minimum absolute atomic E-state index is 0.604. The molecule has 2 aromatic heterocycles. The summed E-state index contributed by atoms with van der Waals surface area (Å²) in [6.07, 6.45) is 3.63. The van der Waals surface area contributed by atoms with Crippen LogP contribution in [0.2, 0.25) is 0 Å². The van der Waals surface area contributed by atoms with Crippen molar-refractivity contribution < 1.29 is 9.15 Å². The zero-order valence-electron chi connectivity index (χ0n) is 11.9. The summed E-state index contributed by atoms with van der Waals surface area (Å²) in [6, 6.07) is 9.84. The summed E-state index contributed by atoms with van der Waals surface area (Å²) in [5, 5.41) is 4.31. The molecule has 108 valence electrons. The van der Waals surface area contributed by atoms with Crippen molar-refractivity contribution in [3.63, 3.8) is 0 Å². The molecule has 0 unspecified atom stereocenters. The topological polar surface area (TPSA) is 60.2 Å². The van der Waals surface area contributed by atoms with Crippen LogP contribution < -0.4 is 5.32 Å². The van der Waals surface area contributed by atoms with Gasteiger partial charge in [-0.3, -0.25) is 0 Å². The fraction of sp³-hybridized carbons (Fsp3) is 0.250. The third kappa shape index (κ3) is 3.26. The molecule has 1 N–H and O–H groups in total. The zero-order valence-corrected chi connectivity index (χ0v) is 11.9. The summed E-state index contributed by atoms with van der Waals surface area (Å²) in [4.78, 5) is 8.73. The molecule has 3 aromatic rings. The predicted molar refractivity (Wildman–Crippen MR) is 80.8 cm³/mol. The quantitative estimate of drug-likeness (QED) is 0.705. The van der Waals surface area contributed by atoms with E-state index in [1.54, 1.807) is 7.11 Å². The highest BCUT2D eigenvalue weighted by atomic mass is 16.5. The number of nitrogens with zero attached hydrogens (tertiary/aromatic N) is 2. The van der Waals surface area contributed by atoms with E-state index in [-0.39, 0.29) is 0 Å². The van der Waals surface area contributed by atoms with Gasteiger partial charge < -0.3 is 14.5 Å². The molecule has 21 heavy (non-hydrogen) atoms. The minimum Gasteiger partial charge on any atom is -0.453 e. The van der Waals surface area contributed by atoms with Gasteiger partial charge in [-0.2, -0.15) is 0 Å². The van der Waals surface area contributed by atoms with Gasteiger partial charge in [-0.25, -0.2) is 9.97 Å². The molecule has 0 radical (unpaired) electrons. The van der Waals surface area contributed by atoms with Crippen LogP contribution in [0.3, 0.4) is 0 Å². The maximum atomic E-state index is 5.75. The standard InChI is InChI=1S/C16H17N3O2/c1-20-7-6-17-9-12-10-18-16(19-11-12)15-8-13-4-2-3-5-14(13)21-15/h2-5,8,10-11,17H,6-7,9H2,1H3. The Balaban J connectivity index is 1.71. The lowest BCUT2D eigenvalue weighted by Crippen LogP contribution is -2.18. The third-order valence-electron chi connectivity index (χ3n) is 3.16. The van der Waals surface area contributed by atoms with Crippen molar-refractivity contribution in [3.05, 3.63) is 48.3 Å². The Morgan fingerprint density at radius 2 is 2.00 bits per heavy atom. The fourth-order valence-corrected chi connectivity index (χ4v) is 2.07. The van der Waals surface area contributed by atoms with Gasteiger partial charge in [0.15, 0.2) is 11.6 Å². The van der Waals surface area contributed by atoms with Crippen LogP contribution in [0.15, 0.2) is 47.1 Å². The first-order valence-corrected chi connectivity index (χ1v) is 6.86. The lowest BCUT2D eigenvalue weighted by Gasteiger charge is -2.03. The molecule has 0 saturated carbocycles. The Hall–Kier alpha value is -2.24. The number of benzene rings is 1. The number of para-hydroxylation sites is 1. The molecule has 1 aromatic carbocycles. The van der Waals surface area contributed by atoms with Crippen LogP contribution in [-0.2, 0) is 11.3 Å². The van der Waals surface area contributed by atoms with Gasteiger partial charge in [0, 0.05) is 43.5 Å². The highest BCUT2D eigenvalue weighted by Gasteiger charge is 2.08. The van der Waals surface area contributed by atoms with Gasteiger partial charge in [-0.1, -0.05) is 18.2 Å². The molecule has 0 aliphatic rings. The number of furan rings is 1. The van der Waals surface area contributed by atoms with Gasteiger partial charge in [-0.15, -0.1) is 0 Å². The number of hydrogen-bond donors (Lipinski definition) is 1. The number of methoxy groups -OCH3 is 1. The van der Waals surface area contributed by atoms with Crippen molar-refractivity contribution in [2.75, 3.05) is 20.3 Å². The van der Waals surface area contributed by atoms with Crippen LogP contribution in [0.5, 0.6) is 0 Å². The normalized spacial score (nSPS) is 11.1. The summed E-state index contributed by atoms with van der Waals surface area (Å²) < 4.78 is 10.7. The molecule has 5 heteroatoms. The second-order valence-corrected chi connectivity index (χ2v) is 4.73. The average molecular weight is 283 g/mol. The SMILES string of the molecule is COCCNCc1cnc(-c2cc3ccccc3o2)nc1. The Bertz CT molecular complexity index is 674. The second-order valence-electron chi connectivity index (χ2n) is 4.73. The summed E-state index contributed by atoms with van der Waals surface area (Å²) in [7, 11) is 1.69. The molecule has 0 amide bonds.